The molecule has 1 atom stereocenters. The van der Waals surface area contributed by atoms with Gasteiger partial charge in [0, 0.05) is 49.0 Å². The second-order valence-electron chi connectivity index (χ2n) is 12.7. The van der Waals surface area contributed by atoms with Crippen LogP contribution in [-0.2, 0) is 0 Å². The van der Waals surface area contributed by atoms with E-state index >= 15 is 0 Å². The summed E-state index contributed by atoms with van der Waals surface area (Å²) in [5.41, 5.74) is 8.32. The number of nitrogens with zero attached hydrogens (tertiary/aromatic N) is 7. The molecule has 0 bridgehead atoms. The highest BCUT2D eigenvalue weighted by Gasteiger charge is 2.29. The summed E-state index contributed by atoms with van der Waals surface area (Å²) in [5.74, 6) is 0. The third-order valence-corrected chi connectivity index (χ3v) is 9.01. The standard InChI is InChI=1S/C33H40ClN9/c1-33(2,3)41-16-12-26(13-17-41)43-22-29(38-40-43)31(23-10-6-4-7-11-23)37-25-18-27-30(39-42-14-8-5-9-15-42)24(20-35)21-36-32(27)28(34)19-25/h4,6-7,10-11,18-19,21-22,26,31,37H,5,8-9,12-17H2,1-3H3,(H,36,39). The fraction of sp³-hybridized carbons (Fsp3) is 0.455. The first kappa shape index (κ1) is 29.4. The zero-order chi connectivity index (χ0) is 30.0. The summed E-state index contributed by atoms with van der Waals surface area (Å²) in [6.45, 7) is 10.8. The quantitative estimate of drug-likeness (QED) is 0.240. The van der Waals surface area contributed by atoms with E-state index < -0.39 is 0 Å². The van der Waals surface area contributed by atoms with Crippen molar-refractivity contribution in [3.8, 4) is 6.07 Å². The minimum atomic E-state index is -0.247. The molecule has 2 fully saturated rings. The first-order valence-electron chi connectivity index (χ1n) is 15.3. The van der Waals surface area contributed by atoms with Crippen LogP contribution >= 0.6 is 11.6 Å². The van der Waals surface area contributed by atoms with Crippen molar-refractivity contribution < 1.29 is 0 Å². The van der Waals surface area contributed by atoms with Crippen molar-refractivity contribution in [3.63, 3.8) is 0 Å². The largest absolute Gasteiger partial charge is 0.373 e. The molecular weight excluding hydrogens is 558 g/mol. The molecule has 2 saturated heterocycles. The second kappa shape index (κ2) is 12.5. The molecule has 4 aromatic rings. The monoisotopic (exact) mass is 597 g/mol. The minimum Gasteiger partial charge on any atom is -0.373 e. The van der Waals surface area contributed by atoms with Crippen LogP contribution in [0.25, 0.3) is 10.9 Å². The number of anilines is 2. The minimum absolute atomic E-state index is 0.175. The number of fused-ring (bicyclic) bond motifs is 1. The smallest absolute Gasteiger partial charge is 0.109 e. The van der Waals surface area contributed by atoms with E-state index in [1.54, 1.807) is 6.20 Å². The Morgan fingerprint density at radius 3 is 2.47 bits per heavy atom. The van der Waals surface area contributed by atoms with Crippen LogP contribution in [0.1, 0.15) is 81.8 Å². The molecule has 0 spiro atoms. The van der Waals surface area contributed by atoms with Crippen LogP contribution in [0, 0.1) is 11.3 Å². The van der Waals surface area contributed by atoms with Crippen molar-refractivity contribution >= 4 is 33.9 Å². The summed E-state index contributed by atoms with van der Waals surface area (Å²) in [6, 6.07) is 16.6. The van der Waals surface area contributed by atoms with E-state index in [9.17, 15) is 5.26 Å². The summed E-state index contributed by atoms with van der Waals surface area (Å²) in [7, 11) is 0. The maximum atomic E-state index is 9.94. The number of rotatable bonds is 7. The molecule has 2 N–H and O–H groups in total. The van der Waals surface area contributed by atoms with Gasteiger partial charge in [0.2, 0.25) is 0 Å². The molecule has 9 nitrogen and oxygen atoms in total. The van der Waals surface area contributed by atoms with Crippen molar-refractivity contribution in [2.24, 2.45) is 0 Å². The number of hydrogen-bond donors (Lipinski definition) is 2. The van der Waals surface area contributed by atoms with Gasteiger partial charge in [-0.2, -0.15) is 5.26 Å². The zero-order valence-corrected chi connectivity index (χ0v) is 26.0. The highest BCUT2D eigenvalue weighted by atomic mass is 35.5. The van der Waals surface area contributed by atoms with Gasteiger partial charge in [-0.25, -0.2) is 9.69 Å². The lowest BCUT2D eigenvalue weighted by Gasteiger charge is -2.40. The van der Waals surface area contributed by atoms with Gasteiger partial charge < -0.3 is 10.7 Å². The molecule has 2 aliphatic heterocycles. The number of likely N-dealkylation sites (tertiary alicyclic amines) is 1. The Kier molecular flexibility index (Phi) is 8.53. The number of benzene rings is 2. The molecule has 0 amide bonds. The number of hydrogen-bond acceptors (Lipinski definition) is 8. The van der Waals surface area contributed by atoms with Gasteiger partial charge in [-0.15, -0.1) is 5.10 Å². The molecule has 2 aliphatic rings. The van der Waals surface area contributed by atoms with Gasteiger partial charge in [-0.05, 0) is 64.2 Å². The van der Waals surface area contributed by atoms with Gasteiger partial charge in [0.25, 0.3) is 0 Å². The molecule has 224 valence electrons. The number of nitrogens with one attached hydrogen (secondary N) is 2. The Morgan fingerprint density at radius 1 is 1.02 bits per heavy atom. The van der Waals surface area contributed by atoms with E-state index in [0.717, 1.165) is 79.9 Å². The van der Waals surface area contributed by atoms with Gasteiger partial charge >= 0.3 is 0 Å². The molecule has 0 aliphatic carbocycles. The third-order valence-electron chi connectivity index (χ3n) is 8.73. The summed E-state index contributed by atoms with van der Waals surface area (Å²) in [5, 5.41) is 26.4. The third kappa shape index (κ3) is 6.47. The predicted molar refractivity (Wildman–Crippen MR) is 172 cm³/mol. The van der Waals surface area contributed by atoms with Crippen molar-refractivity contribution in [2.75, 3.05) is 36.9 Å². The van der Waals surface area contributed by atoms with E-state index in [4.69, 9.17) is 11.6 Å². The maximum absolute atomic E-state index is 9.94. The molecule has 6 rings (SSSR count). The van der Waals surface area contributed by atoms with Crippen LogP contribution in [-0.4, -0.2) is 61.6 Å². The van der Waals surface area contributed by atoms with Crippen molar-refractivity contribution in [2.45, 2.75) is 70.5 Å². The first-order valence-corrected chi connectivity index (χ1v) is 15.7. The van der Waals surface area contributed by atoms with E-state index in [0.29, 0.717) is 22.1 Å². The van der Waals surface area contributed by atoms with Gasteiger partial charge in [0.15, 0.2) is 0 Å². The number of nitriles is 1. The number of hydrazine groups is 1. The van der Waals surface area contributed by atoms with E-state index in [1.807, 2.05) is 35.0 Å². The van der Waals surface area contributed by atoms with Crippen molar-refractivity contribution in [3.05, 3.63) is 76.7 Å². The lowest BCUT2D eigenvalue weighted by Crippen LogP contribution is -2.46. The fourth-order valence-corrected chi connectivity index (χ4v) is 6.52. The Labute approximate surface area is 258 Å². The number of pyridine rings is 1. The normalized spacial score (nSPS) is 17.9. The summed E-state index contributed by atoms with van der Waals surface area (Å²) in [6.07, 6.45) is 9.26. The van der Waals surface area contributed by atoms with E-state index in [2.05, 4.69) is 81.1 Å². The van der Waals surface area contributed by atoms with Crippen LogP contribution in [0.3, 0.4) is 0 Å². The molecule has 0 saturated carbocycles. The highest BCUT2D eigenvalue weighted by molar-refractivity contribution is 6.35. The van der Waals surface area contributed by atoms with Crippen LogP contribution in [0.15, 0.2) is 54.9 Å². The van der Waals surface area contributed by atoms with Gasteiger partial charge in [-0.1, -0.05) is 53.6 Å². The first-order chi connectivity index (χ1) is 20.8. The lowest BCUT2D eigenvalue weighted by molar-refractivity contribution is 0.0866. The molecule has 2 aromatic carbocycles. The van der Waals surface area contributed by atoms with Crippen LogP contribution in [0.5, 0.6) is 0 Å². The summed E-state index contributed by atoms with van der Waals surface area (Å²) < 4.78 is 2.05. The van der Waals surface area contributed by atoms with Crippen LogP contribution in [0.2, 0.25) is 5.02 Å². The number of aromatic nitrogens is 4. The van der Waals surface area contributed by atoms with E-state index in [1.165, 1.54) is 6.42 Å². The zero-order valence-electron chi connectivity index (χ0n) is 25.2. The predicted octanol–water partition coefficient (Wildman–Crippen LogP) is 6.80. The molecular formula is C33H40ClN9. The van der Waals surface area contributed by atoms with Crippen LogP contribution in [0.4, 0.5) is 11.4 Å². The maximum Gasteiger partial charge on any atom is 0.109 e. The SMILES string of the molecule is CC(C)(C)N1CCC(n2cc(C(Nc3cc(Cl)c4ncc(C#N)c(NN5CCCCC5)c4c3)c3ccccc3)nn2)CC1. The molecule has 2 aromatic heterocycles. The summed E-state index contributed by atoms with van der Waals surface area (Å²) >= 11 is 6.83. The Bertz CT molecular complexity index is 1590. The number of piperidine rings is 2. The second-order valence-corrected chi connectivity index (χ2v) is 13.1. The Balaban J connectivity index is 1.32. The molecule has 1 unspecified atom stereocenters. The van der Waals surface area contributed by atoms with E-state index in [-0.39, 0.29) is 11.6 Å². The molecule has 0 radical (unpaired) electrons. The summed E-state index contributed by atoms with van der Waals surface area (Å²) in [4.78, 5) is 7.09. The Morgan fingerprint density at radius 2 is 1.77 bits per heavy atom. The topological polar surface area (TPSA) is 97.9 Å². The Hall–Kier alpha value is -3.71. The molecule has 4 heterocycles. The highest BCUT2D eigenvalue weighted by Crippen LogP contribution is 2.36. The number of halogens is 1. The van der Waals surface area contributed by atoms with Gasteiger partial charge in [-0.3, -0.25) is 9.88 Å². The molecule has 10 heteroatoms. The average Bonchev–Trinajstić information content (AvgIpc) is 3.51. The van der Waals surface area contributed by atoms with Crippen molar-refractivity contribution in [1.29, 1.82) is 5.26 Å². The lowest BCUT2D eigenvalue weighted by atomic mass is 9.98. The van der Waals surface area contributed by atoms with Gasteiger partial charge in [0.1, 0.15) is 11.8 Å². The van der Waals surface area contributed by atoms with Crippen molar-refractivity contribution in [1.82, 2.24) is 29.9 Å². The van der Waals surface area contributed by atoms with Crippen LogP contribution < -0.4 is 10.7 Å². The average molecular weight is 598 g/mol. The van der Waals surface area contributed by atoms with Gasteiger partial charge in [0.05, 0.1) is 40.1 Å². The fourth-order valence-electron chi connectivity index (χ4n) is 6.25. The molecule has 43 heavy (non-hydrogen) atoms.